The predicted molar refractivity (Wildman–Crippen MR) is 74.8 cm³/mol. The van der Waals surface area contributed by atoms with Crippen molar-refractivity contribution in [1.29, 1.82) is 0 Å². The number of nitrogens with zero attached hydrogens (tertiary/aromatic N) is 2. The van der Waals surface area contributed by atoms with Crippen molar-refractivity contribution in [1.82, 2.24) is 9.80 Å². The second-order valence-corrected chi connectivity index (χ2v) is 5.79. The van der Waals surface area contributed by atoms with Gasteiger partial charge in [0, 0.05) is 26.2 Å². The second-order valence-electron chi connectivity index (χ2n) is 5.01. The van der Waals surface area contributed by atoms with Gasteiger partial charge in [0.05, 0.1) is 12.3 Å². The van der Waals surface area contributed by atoms with E-state index in [0.717, 1.165) is 12.1 Å². The zero-order valence-electron chi connectivity index (χ0n) is 11.0. The number of primary amides is 1. The van der Waals surface area contributed by atoms with Gasteiger partial charge in [0.1, 0.15) is 0 Å². The highest BCUT2D eigenvalue weighted by Crippen LogP contribution is 2.12. The van der Waals surface area contributed by atoms with E-state index in [1.54, 1.807) is 16.2 Å². The van der Waals surface area contributed by atoms with Crippen molar-refractivity contribution in [2.45, 2.75) is 6.42 Å². The molecule has 2 heterocycles. The van der Waals surface area contributed by atoms with Gasteiger partial charge in [-0.05, 0) is 29.4 Å². The van der Waals surface area contributed by atoms with E-state index in [-0.39, 0.29) is 17.7 Å². The molecule has 1 aromatic heterocycles. The Hall–Kier alpha value is -1.40. The van der Waals surface area contributed by atoms with Crippen molar-refractivity contribution >= 4 is 23.2 Å². The van der Waals surface area contributed by atoms with Crippen molar-refractivity contribution in [3.05, 3.63) is 22.4 Å². The summed E-state index contributed by atoms with van der Waals surface area (Å²) in [6.45, 7) is 2.49. The number of rotatable bonds is 3. The van der Waals surface area contributed by atoms with Crippen molar-refractivity contribution in [3.8, 4) is 0 Å². The van der Waals surface area contributed by atoms with Crippen LogP contribution in [0.25, 0.3) is 0 Å². The molecule has 0 radical (unpaired) electrons. The van der Waals surface area contributed by atoms with Gasteiger partial charge in [0.2, 0.25) is 11.8 Å². The molecule has 1 aromatic rings. The number of hydrogen-bond acceptors (Lipinski definition) is 4. The van der Waals surface area contributed by atoms with Gasteiger partial charge in [-0.15, -0.1) is 0 Å². The third kappa shape index (κ3) is 3.78. The Morgan fingerprint density at radius 3 is 2.84 bits per heavy atom. The van der Waals surface area contributed by atoms with Gasteiger partial charge in [-0.1, -0.05) is 0 Å². The molecule has 0 bridgehead atoms. The zero-order valence-corrected chi connectivity index (χ0v) is 11.9. The van der Waals surface area contributed by atoms with Crippen LogP contribution in [0.3, 0.4) is 0 Å². The second kappa shape index (κ2) is 6.16. The maximum absolute atomic E-state index is 12.3. The van der Waals surface area contributed by atoms with Crippen LogP contribution in [0.2, 0.25) is 0 Å². The van der Waals surface area contributed by atoms with Crippen LogP contribution in [0.4, 0.5) is 0 Å². The van der Waals surface area contributed by atoms with E-state index < -0.39 is 0 Å². The van der Waals surface area contributed by atoms with Crippen LogP contribution in [-0.2, 0) is 16.0 Å². The molecule has 104 valence electrons. The Labute approximate surface area is 117 Å². The minimum Gasteiger partial charge on any atom is -0.369 e. The molecule has 0 aromatic carbocycles. The minimum atomic E-state index is -0.331. The fourth-order valence-corrected chi connectivity index (χ4v) is 2.93. The van der Waals surface area contributed by atoms with Crippen LogP contribution >= 0.6 is 11.3 Å². The third-order valence-corrected chi connectivity index (χ3v) is 4.15. The third-order valence-electron chi connectivity index (χ3n) is 3.41. The molecule has 0 saturated carbocycles. The molecule has 2 N–H and O–H groups in total. The molecule has 1 saturated heterocycles. The fraction of sp³-hybridized carbons (Fsp3) is 0.538. The normalized spacial score (nSPS) is 21.1. The molecule has 2 amide bonds. The minimum absolute atomic E-state index is 0.0694. The first-order valence-corrected chi connectivity index (χ1v) is 7.27. The number of nitrogens with two attached hydrogens (primary N) is 1. The largest absolute Gasteiger partial charge is 0.369 e. The summed E-state index contributed by atoms with van der Waals surface area (Å²) in [5.74, 6) is -0.541. The van der Waals surface area contributed by atoms with Gasteiger partial charge >= 0.3 is 0 Å². The first kappa shape index (κ1) is 14.0. The molecule has 0 aliphatic carbocycles. The summed E-state index contributed by atoms with van der Waals surface area (Å²) in [6.07, 6.45) is 0.401. The molecule has 2 rings (SSSR count). The number of carbonyl (C=O) groups is 2. The summed E-state index contributed by atoms with van der Waals surface area (Å²) in [4.78, 5) is 27.5. The van der Waals surface area contributed by atoms with Gasteiger partial charge in [0.25, 0.3) is 0 Å². The smallest absolute Gasteiger partial charge is 0.227 e. The average Bonchev–Trinajstić information content (AvgIpc) is 2.76. The zero-order chi connectivity index (χ0) is 13.8. The van der Waals surface area contributed by atoms with E-state index in [1.807, 2.05) is 28.8 Å². The molecule has 1 fully saturated rings. The summed E-state index contributed by atoms with van der Waals surface area (Å²) in [5, 5.41) is 3.94. The molecule has 1 atom stereocenters. The van der Waals surface area contributed by atoms with Gasteiger partial charge in [-0.25, -0.2) is 0 Å². The monoisotopic (exact) mass is 281 g/mol. The van der Waals surface area contributed by atoms with Crippen LogP contribution in [0.5, 0.6) is 0 Å². The summed E-state index contributed by atoms with van der Waals surface area (Å²) in [6, 6.07) is 1.96. The molecule has 1 aliphatic heterocycles. The van der Waals surface area contributed by atoms with E-state index in [4.69, 9.17) is 5.73 Å². The van der Waals surface area contributed by atoms with Crippen molar-refractivity contribution in [2.75, 3.05) is 33.2 Å². The Balaban J connectivity index is 2.01. The SMILES string of the molecule is CN1CCN(C(=O)Cc2ccsc2)C[C@H](C(N)=O)C1. The Bertz CT molecular complexity index is 447. The highest BCUT2D eigenvalue weighted by molar-refractivity contribution is 7.07. The van der Waals surface area contributed by atoms with Crippen molar-refractivity contribution < 1.29 is 9.59 Å². The molecular weight excluding hydrogens is 262 g/mol. The predicted octanol–water partition coefficient (Wildman–Crippen LogP) is 0.166. The molecule has 19 heavy (non-hydrogen) atoms. The first-order valence-electron chi connectivity index (χ1n) is 6.33. The first-order chi connectivity index (χ1) is 9.06. The topological polar surface area (TPSA) is 66.6 Å². The standard InChI is InChI=1S/C13H19N3O2S/c1-15-3-4-16(8-11(7-15)13(14)18)12(17)6-10-2-5-19-9-10/h2,5,9,11H,3-4,6-8H2,1H3,(H2,14,18)/t11-/m1/s1. The molecule has 6 heteroatoms. The Morgan fingerprint density at radius 2 is 2.21 bits per heavy atom. The summed E-state index contributed by atoms with van der Waals surface area (Å²) >= 11 is 1.59. The van der Waals surface area contributed by atoms with Gasteiger partial charge in [0.15, 0.2) is 0 Å². The van der Waals surface area contributed by atoms with Crippen molar-refractivity contribution in [3.63, 3.8) is 0 Å². The van der Waals surface area contributed by atoms with E-state index >= 15 is 0 Å². The van der Waals surface area contributed by atoms with E-state index in [9.17, 15) is 9.59 Å². The van der Waals surface area contributed by atoms with Crippen LogP contribution in [0, 0.1) is 5.92 Å². The summed E-state index contributed by atoms with van der Waals surface area (Å²) < 4.78 is 0. The van der Waals surface area contributed by atoms with Gasteiger partial charge < -0.3 is 15.5 Å². The Morgan fingerprint density at radius 1 is 1.42 bits per heavy atom. The molecule has 0 unspecified atom stereocenters. The lowest BCUT2D eigenvalue weighted by molar-refractivity contribution is -0.131. The lowest BCUT2D eigenvalue weighted by Crippen LogP contribution is -2.40. The van der Waals surface area contributed by atoms with Gasteiger partial charge in [-0.2, -0.15) is 11.3 Å². The number of amides is 2. The van der Waals surface area contributed by atoms with Crippen LogP contribution < -0.4 is 5.73 Å². The van der Waals surface area contributed by atoms with Gasteiger partial charge in [-0.3, -0.25) is 9.59 Å². The van der Waals surface area contributed by atoms with Crippen LogP contribution in [-0.4, -0.2) is 54.8 Å². The summed E-state index contributed by atoms with van der Waals surface area (Å²) in [5.41, 5.74) is 6.43. The van der Waals surface area contributed by atoms with E-state index in [0.29, 0.717) is 26.1 Å². The highest BCUT2D eigenvalue weighted by Gasteiger charge is 2.27. The molecule has 5 nitrogen and oxygen atoms in total. The fourth-order valence-electron chi connectivity index (χ4n) is 2.26. The van der Waals surface area contributed by atoms with E-state index in [1.165, 1.54) is 0 Å². The molecular formula is C13H19N3O2S. The Kier molecular flexibility index (Phi) is 4.55. The molecule has 1 aliphatic rings. The number of thiophene rings is 1. The number of likely N-dealkylation sites (N-methyl/N-ethyl adjacent to an activating group) is 1. The average molecular weight is 281 g/mol. The maximum atomic E-state index is 12.3. The highest BCUT2D eigenvalue weighted by atomic mass is 32.1. The number of carbonyl (C=O) groups excluding carboxylic acids is 2. The van der Waals surface area contributed by atoms with Crippen molar-refractivity contribution in [2.24, 2.45) is 11.7 Å². The van der Waals surface area contributed by atoms with Crippen LogP contribution in [0.1, 0.15) is 5.56 Å². The lowest BCUT2D eigenvalue weighted by atomic mass is 10.1. The molecule has 0 spiro atoms. The van der Waals surface area contributed by atoms with Crippen LogP contribution in [0.15, 0.2) is 16.8 Å². The summed E-state index contributed by atoms with van der Waals surface area (Å²) in [7, 11) is 1.95. The number of hydrogen-bond donors (Lipinski definition) is 1. The lowest BCUT2D eigenvalue weighted by Gasteiger charge is -2.22. The quantitative estimate of drug-likeness (QED) is 0.858. The maximum Gasteiger partial charge on any atom is 0.227 e. The van der Waals surface area contributed by atoms with E-state index in [2.05, 4.69) is 0 Å².